The van der Waals surface area contributed by atoms with E-state index in [1.54, 1.807) is 0 Å². The molecule has 0 spiro atoms. The largest absolute Gasteiger partial charge is 0.339 e. The van der Waals surface area contributed by atoms with Crippen molar-refractivity contribution in [2.24, 2.45) is 0 Å². The summed E-state index contributed by atoms with van der Waals surface area (Å²) in [6.07, 6.45) is 3.85. The normalized spacial score (nSPS) is 12.3. The highest BCUT2D eigenvalue weighted by atomic mass is 31.3. The minimum atomic E-state index is -2.56. The molecule has 98 valence electrons. The molecule has 0 aliphatic heterocycles. The first-order chi connectivity index (χ1) is 7.61. The fourth-order valence-corrected chi connectivity index (χ4v) is 3.80. The van der Waals surface area contributed by atoms with Crippen LogP contribution in [0.25, 0.3) is 0 Å². The molecular formula is C9H22O5P2. The van der Waals surface area contributed by atoms with Gasteiger partial charge in [0.2, 0.25) is 0 Å². The maximum absolute atomic E-state index is 5.58. The SMILES string of the molecule is C=P(OCC)(OCC)OP(OCC)OCC. The highest BCUT2D eigenvalue weighted by Crippen LogP contribution is 2.60. The van der Waals surface area contributed by atoms with Crippen LogP contribution < -0.4 is 0 Å². The van der Waals surface area contributed by atoms with E-state index in [4.69, 9.17) is 22.4 Å². The Morgan fingerprint density at radius 1 is 0.875 bits per heavy atom. The van der Waals surface area contributed by atoms with E-state index < -0.39 is 16.2 Å². The van der Waals surface area contributed by atoms with Gasteiger partial charge in [0.05, 0.1) is 26.4 Å². The average molecular weight is 272 g/mol. The smallest absolute Gasteiger partial charge is 0.317 e. The third-order valence-electron chi connectivity index (χ3n) is 1.31. The van der Waals surface area contributed by atoms with Gasteiger partial charge < -0.3 is 18.1 Å². The summed E-state index contributed by atoms with van der Waals surface area (Å²) in [5, 5.41) is 0. The predicted octanol–water partition coefficient (Wildman–Crippen LogP) is 3.57. The first kappa shape index (κ1) is 16.5. The molecule has 16 heavy (non-hydrogen) atoms. The van der Waals surface area contributed by atoms with Gasteiger partial charge in [0, 0.05) is 0 Å². The Morgan fingerprint density at radius 2 is 1.31 bits per heavy atom. The van der Waals surface area contributed by atoms with E-state index >= 15 is 0 Å². The minimum Gasteiger partial charge on any atom is -0.317 e. The lowest BCUT2D eigenvalue weighted by molar-refractivity contribution is 0.177. The number of rotatable bonds is 10. The molecule has 0 bridgehead atoms. The van der Waals surface area contributed by atoms with Gasteiger partial charge in [-0.3, -0.25) is 0 Å². The van der Waals surface area contributed by atoms with Crippen molar-refractivity contribution in [1.82, 2.24) is 0 Å². The van der Waals surface area contributed by atoms with Crippen molar-refractivity contribution in [2.45, 2.75) is 27.7 Å². The predicted molar refractivity (Wildman–Crippen MR) is 68.6 cm³/mol. The second-order valence-corrected chi connectivity index (χ2v) is 5.94. The first-order valence-electron chi connectivity index (χ1n) is 5.39. The summed E-state index contributed by atoms with van der Waals surface area (Å²) in [4.78, 5) is 0. The van der Waals surface area contributed by atoms with E-state index in [-0.39, 0.29) is 0 Å². The Labute approximate surface area is 99.6 Å². The molecule has 0 aliphatic rings. The van der Waals surface area contributed by atoms with Gasteiger partial charge in [-0.25, -0.2) is 4.31 Å². The van der Waals surface area contributed by atoms with Crippen molar-refractivity contribution < 1.29 is 22.4 Å². The third-order valence-corrected chi connectivity index (χ3v) is 5.08. The van der Waals surface area contributed by atoms with Gasteiger partial charge in [0.25, 0.3) is 7.57 Å². The van der Waals surface area contributed by atoms with Gasteiger partial charge >= 0.3 is 8.60 Å². The molecule has 0 saturated heterocycles. The van der Waals surface area contributed by atoms with Gasteiger partial charge in [0.15, 0.2) is 0 Å². The van der Waals surface area contributed by atoms with E-state index in [0.717, 1.165) is 0 Å². The van der Waals surface area contributed by atoms with Crippen LogP contribution in [0.2, 0.25) is 0 Å². The van der Waals surface area contributed by atoms with Crippen LogP contribution in [0.4, 0.5) is 0 Å². The molecule has 0 aromatic heterocycles. The molecule has 0 atom stereocenters. The molecule has 0 amide bonds. The van der Waals surface area contributed by atoms with Crippen LogP contribution in [0.15, 0.2) is 0 Å². The average Bonchev–Trinajstić information content (AvgIpc) is 2.18. The quantitative estimate of drug-likeness (QED) is 0.569. The zero-order chi connectivity index (χ0) is 12.4. The summed E-state index contributed by atoms with van der Waals surface area (Å²) in [5.74, 6) is 0. The van der Waals surface area contributed by atoms with Crippen LogP contribution in [-0.2, 0) is 22.4 Å². The first-order valence-corrected chi connectivity index (χ1v) is 8.22. The van der Waals surface area contributed by atoms with E-state index in [9.17, 15) is 0 Å². The Bertz CT molecular complexity index is 196. The van der Waals surface area contributed by atoms with Gasteiger partial charge in [0.1, 0.15) is 0 Å². The second-order valence-electron chi connectivity index (χ2n) is 2.59. The van der Waals surface area contributed by atoms with Crippen molar-refractivity contribution in [3.8, 4) is 0 Å². The summed E-state index contributed by atoms with van der Waals surface area (Å²) < 4.78 is 27.0. The Balaban J connectivity index is 4.36. The summed E-state index contributed by atoms with van der Waals surface area (Å²) in [6.45, 7) is 9.49. The minimum absolute atomic E-state index is 0.485. The van der Waals surface area contributed by atoms with Crippen molar-refractivity contribution in [2.75, 3.05) is 26.4 Å². The van der Waals surface area contributed by atoms with Crippen LogP contribution in [0, 0.1) is 0 Å². The summed E-state index contributed by atoms with van der Waals surface area (Å²) >= 11 is 0. The van der Waals surface area contributed by atoms with E-state index in [1.165, 1.54) is 0 Å². The Kier molecular flexibility index (Phi) is 9.87. The Hall–Kier alpha value is 0.530. The summed E-state index contributed by atoms with van der Waals surface area (Å²) in [7, 11) is -3.99. The fraction of sp³-hybridized carbons (Fsp3) is 0.889. The van der Waals surface area contributed by atoms with Crippen molar-refractivity contribution in [3.63, 3.8) is 0 Å². The zero-order valence-electron chi connectivity index (χ0n) is 10.5. The van der Waals surface area contributed by atoms with Gasteiger partial charge in [-0.15, -0.1) is 0 Å². The second kappa shape index (κ2) is 9.55. The van der Waals surface area contributed by atoms with Crippen molar-refractivity contribution >= 4 is 22.5 Å². The van der Waals surface area contributed by atoms with Crippen molar-refractivity contribution in [1.29, 1.82) is 0 Å². The van der Waals surface area contributed by atoms with Crippen LogP contribution in [0.1, 0.15) is 27.7 Å². The molecule has 0 N–H and O–H groups in total. The lowest BCUT2D eigenvalue weighted by Crippen LogP contribution is -2.01. The maximum Gasteiger partial charge on any atom is 0.339 e. The fourth-order valence-electron chi connectivity index (χ4n) is 0.875. The Morgan fingerprint density at radius 3 is 1.62 bits per heavy atom. The van der Waals surface area contributed by atoms with Crippen LogP contribution in [0.3, 0.4) is 0 Å². The molecule has 5 nitrogen and oxygen atoms in total. The van der Waals surface area contributed by atoms with Gasteiger partial charge in [-0.2, -0.15) is 0 Å². The zero-order valence-corrected chi connectivity index (χ0v) is 12.3. The van der Waals surface area contributed by atoms with Gasteiger partial charge in [-0.1, -0.05) is 0 Å². The topological polar surface area (TPSA) is 46.2 Å². The monoisotopic (exact) mass is 272 g/mol. The van der Waals surface area contributed by atoms with Crippen LogP contribution in [-0.4, -0.2) is 32.7 Å². The van der Waals surface area contributed by atoms with E-state index in [1.807, 2.05) is 27.7 Å². The highest BCUT2D eigenvalue weighted by molar-refractivity contribution is 7.66. The van der Waals surface area contributed by atoms with E-state index in [2.05, 4.69) is 6.30 Å². The molecule has 0 radical (unpaired) electrons. The molecule has 0 heterocycles. The lowest BCUT2D eigenvalue weighted by Gasteiger charge is -2.25. The molecule has 0 aliphatic carbocycles. The molecule has 0 rings (SSSR count). The summed E-state index contributed by atoms with van der Waals surface area (Å²) in [5.41, 5.74) is 0. The molecule has 0 aromatic rings. The molecule has 0 unspecified atom stereocenters. The molecule has 0 fully saturated rings. The highest BCUT2D eigenvalue weighted by Gasteiger charge is 2.24. The number of hydrogen-bond donors (Lipinski definition) is 0. The number of hydrogen-bond acceptors (Lipinski definition) is 5. The third kappa shape index (κ3) is 6.97. The van der Waals surface area contributed by atoms with Crippen LogP contribution in [0.5, 0.6) is 0 Å². The molecule has 0 aromatic carbocycles. The lowest BCUT2D eigenvalue weighted by atomic mass is 10.9. The maximum atomic E-state index is 5.58. The molecular weight excluding hydrogens is 250 g/mol. The molecule has 7 heteroatoms. The van der Waals surface area contributed by atoms with Crippen molar-refractivity contribution in [3.05, 3.63) is 0 Å². The molecule has 0 saturated carbocycles. The van der Waals surface area contributed by atoms with Crippen LogP contribution >= 0.6 is 16.2 Å². The van der Waals surface area contributed by atoms with E-state index in [0.29, 0.717) is 26.4 Å². The standard InChI is InChI=1S/C9H22O5P2/c1-6-10-15(11-7-2)14-16(5,12-8-3)13-9-4/h5-9H2,1-4H3. The van der Waals surface area contributed by atoms with Gasteiger partial charge in [-0.05, 0) is 34.0 Å². The summed E-state index contributed by atoms with van der Waals surface area (Å²) in [6, 6.07) is 0.